The van der Waals surface area contributed by atoms with Crippen LogP contribution in [0.15, 0.2) is 36.5 Å². The molecule has 0 spiro atoms. The van der Waals surface area contributed by atoms with Crippen LogP contribution in [0.3, 0.4) is 0 Å². The smallest absolute Gasteiger partial charge is 0.272 e. The molecular formula is C17H19Cl2N3O. The van der Waals surface area contributed by atoms with E-state index in [1.165, 1.54) is 0 Å². The molecule has 0 unspecified atom stereocenters. The van der Waals surface area contributed by atoms with Crippen LogP contribution in [0, 0.1) is 0 Å². The van der Waals surface area contributed by atoms with Crippen molar-refractivity contribution in [2.24, 2.45) is 0 Å². The number of aromatic nitrogens is 1. The zero-order valence-corrected chi connectivity index (χ0v) is 14.7. The van der Waals surface area contributed by atoms with Crippen LogP contribution in [0.25, 0.3) is 0 Å². The Labute approximate surface area is 146 Å². The first-order chi connectivity index (χ1) is 11.0. The van der Waals surface area contributed by atoms with Crippen LogP contribution in [0.1, 0.15) is 30.3 Å². The van der Waals surface area contributed by atoms with Gasteiger partial charge < -0.3 is 10.2 Å². The minimum absolute atomic E-state index is 0.0868. The van der Waals surface area contributed by atoms with E-state index >= 15 is 0 Å². The van der Waals surface area contributed by atoms with Crippen molar-refractivity contribution < 1.29 is 4.79 Å². The molecule has 0 aliphatic carbocycles. The molecule has 1 aromatic heterocycles. The van der Waals surface area contributed by atoms with Gasteiger partial charge in [-0.3, -0.25) is 9.78 Å². The molecule has 0 radical (unpaired) electrons. The Balaban J connectivity index is 2.13. The summed E-state index contributed by atoms with van der Waals surface area (Å²) in [4.78, 5) is 18.2. The monoisotopic (exact) mass is 351 g/mol. The maximum Gasteiger partial charge on any atom is 0.272 e. The number of amides is 1. The van der Waals surface area contributed by atoms with Crippen LogP contribution >= 0.6 is 23.2 Å². The van der Waals surface area contributed by atoms with Gasteiger partial charge >= 0.3 is 0 Å². The first-order valence-corrected chi connectivity index (χ1v) is 8.20. The molecule has 122 valence electrons. The van der Waals surface area contributed by atoms with Crippen molar-refractivity contribution in [1.29, 1.82) is 0 Å². The van der Waals surface area contributed by atoms with Gasteiger partial charge in [-0.05, 0) is 36.8 Å². The Morgan fingerprint density at radius 1 is 1.17 bits per heavy atom. The van der Waals surface area contributed by atoms with Crippen LogP contribution in [0.5, 0.6) is 0 Å². The summed E-state index contributed by atoms with van der Waals surface area (Å²) >= 11 is 11.9. The van der Waals surface area contributed by atoms with Gasteiger partial charge in [-0.25, -0.2) is 0 Å². The third-order valence-electron chi connectivity index (χ3n) is 3.38. The third kappa shape index (κ3) is 4.85. The first-order valence-electron chi connectivity index (χ1n) is 7.45. The second kappa shape index (κ2) is 8.18. The summed E-state index contributed by atoms with van der Waals surface area (Å²) < 4.78 is 0. The summed E-state index contributed by atoms with van der Waals surface area (Å²) in [7, 11) is 1.79. The van der Waals surface area contributed by atoms with Crippen molar-refractivity contribution in [3.8, 4) is 0 Å². The van der Waals surface area contributed by atoms with Gasteiger partial charge in [0, 0.05) is 31.2 Å². The summed E-state index contributed by atoms with van der Waals surface area (Å²) in [5.41, 5.74) is 1.97. The standard InChI is InChI=1S/C17H19Cl2N3O/c1-3-4-9-22(2)17(23)16-11-13(7-8-20-16)21-12-5-6-14(18)15(19)10-12/h5-8,10-11H,3-4,9H2,1-2H3,(H,20,21). The number of pyridine rings is 1. The molecule has 0 bridgehead atoms. The van der Waals surface area contributed by atoms with E-state index in [1.807, 2.05) is 6.07 Å². The number of carbonyl (C=O) groups is 1. The highest BCUT2D eigenvalue weighted by Gasteiger charge is 2.13. The van der Waals surface area contributed by atoms with Gasteiger partial charge in [0.25, 0.3) is 5.91 Å². The molecule has 2 rings (SSSR count). The number of nitrogens with one attached hydrogen (secondary N) is 1. The quantitative estimate of drug-likeness (QED) is 0.795. The fourth-order valence-corrected chi connectivity index (χ4v) is 2.36. The average Bonchev–Trinajstić information content (AvgIpc) is 2.55. The molecule has 4 nitrogen and oxygen atoms in total. The highest BCUT2D eigenvalue weighted by atomic mass is 35.5. The zero-order chi connectivity index (χ0) is 16.8. The SMILES string of the molecule is CCCCN(C)C(=O)c1cc(Nc2ccc(Cl)c(Cl)c2)ccn1. The van der Waals surface area contributed by atoms with Crippen molar-refractivity contribution in [3.05, 3.63) is 52.3 Å². The number of unbranched alkanes of at least 4 members (excludes halogenated alkanes) is 1. The molecule has 1 amide bonds. The highest BCUT2D eigenvalue weighted by molar-refractivity contribution is 6.42. The molecule has 0 aliphatic heterocycles. The Kier molecular flexibility index (Phi) is 6.25. The van der Waals surface area contributed by atoms with Crippen molar-refractivity contribution in [1.82, 2.24) is 9.88 Å². The van der Waals surface area contributed by atoms with Crippen LogP contribution in [0.4, 0.5) is 11.4 Å². The minimum atomic E-state index is -0.0868. The molecule has 2 aromatic rings. The maximum atomic E-state index is 12.4. The van der Waals surface area contributed by atoms with Crippen LogP contribution < -0.4 is 5.32 Å². The fourth-order valence-electron chi connectivity index (χ4n) is 2.06. The fraction of sp³-hybridized carbons (Fsp3) is 0.294. The van der Waals surface area contributed by atoms with Gasteiger partial charge in [-0.1, -0.05) is 36.5 Å². The van der Waals surface area contributed by atoms with Gasteiger partial charge in [-0.15, -0.1) is 0 Å². The normalized spacial score (nSPS) is 10.4. The topological polar surface area (TPSA) is 45.2 Å². The van der Waals surface area contributed by atoms with Gasteiger partial charge in [0.1, 0.15) is 5.69 Å². The van der Waals surface area contributed by atoms with E-state index in [4.69, 9.17) is 23.2 Å². The zero-order valence-electron chi connectivity index (χ0n) is 13.1. The second-order valence-electron chi connectivity index (χ2n) is 5.26. The van der Waals surface area contributed by atoms with Crippen LogP contribution in [0.2, 0.25) is 10.0 Å². The van der Waals surface area contributed by atoms with Crippen molar-refractivity contribution >= 4 is 40.5 Å². The number of hydrogen-bond acceptors (Lipinski definition) is 3. The Morgan fingerprint density at radius 3 is 2.61 bits per heavy atom. The van der Waals surface area contributed by atoms with E-state index in [0.29, 0.717) is 15.7 Å². The molecule has 0 saturated carbocycles. The molecule has 1 N–H and O–H groups in total. The predicted molar refractivity (Wildman–Crippen MR) is 95.9 cm³/mol. The Morgan fingerprint density at radius 2 is 1.91 bits per heavy atom. The van der Waals surface area contributed by atoms with Gasteiger partial charge in [0.15, 0.2) is 0 Å². The highest BCUT2D eigenvalue weighted by Crippen LogP contribution is 2.27. The lowest BCUT2D eigenvalue weighted by Gasteiger charge is -2.16. The molecule has 1 aromatic carbocycles. The minimum Gasteiger partial charge on any atom is -0.355 e. The summed E-state index contributed by atoms with van der Waals surface area (Å²) in [5.74, 6) is -0.0868. The van der Waals surface area contributed by atoms with E-state index in [2.05, 4.69) is 17.2 Å². The molecule has 0 fully saturated rings. The van der Waals surface area contributed by atoms with Crippen molar-refractivity contribution in [2.45, 2.75) is 19.8 Å². The second-order valence-corrected chi connectivity index (χ2v) is 6.08. The molecule has 6 heteroatoms. The summed E-state index contributed by atoms with van der Waals surface area (Å²) in [6.07, 6.45) is 3.63. The number of hydrogen-bond donors (Lipinski definition) is 1. The lowest BCUT2D eigenvalue weighted by Crippen LogP contribution is -2.28. The lowest BCUT2D eigenvalue weighted by atomic mass is 10.2. The van der Waals surface area contributed by atoms with E-state index in [-0.39, 0.29) is 5.91 Å². The number of halogens is 2. The molecule has 0 atom stereocenters. The Hall–Kier alpha value is -1.78. The van der Waals surface area contributed by atoms with Crippen molar-refractivity contribution in [2.75, 3.05) is 18.9 Å². The number of nitrogens with zero attached hydrogens (tertiary/aromatic N) is 2. The predicted octanol–water partition coefficient (Wildman–Crippen LogP) is 5.00. The van der Waals surface area contributed by atoms with E-state index in [9.17, 15) is 4.79 Å². The van der Waals surface area contributed by atoms with E-state index < -0.39 is 0 Å². The average molecular weight is 352 g/mol. The molecular weight excluding hydrogens is 333 g/mol. The Bertz CT molecular complexity index is 691. The number of rotatable bonds is 6. The molecule has 0 saturated heterocycles. The van der Waals surface area contributed by atoms with E-state index in [0.717, 1.165) is 30.8 Å². The molecule has 23 heavy (non-hydrogen) atoms. The van der Waals surface area contributed by atoms with Gasteiger partial charge in [0.05, 0.1) is 10.0 Å². The van der Waals surface area contributed by atoms with E-state index in [1.54, 1.807) is 42.4 Å². The number of anilines is 2. The molecule has 1 heterocycles. The first kappa shape index (κ1) is 17.6. The van der Waals surface area contributed by atoms with Crippen molar-refractivity contribution in [3.63, 3.8) is 0 Å². The molecule has 0 aliphatic rings. The largest absolute Gasteiger partial charge is 0.355 e. The summed E-state index contributed by atoms with van der Waals surface area (Å²) in [5, 5.41) is 4.17. The summed E-state index contributed by atoms with van der Waals surface area (Å²) in [6.45, 7) is 2.82. The van der Waals surface area contributed by atoms with Crippen LogP contribution in [-0.2, 0) is 0 Å². The number of carbonyl (C=O) groups excluding carboxylic acids is 1. The maximum absolute atomic E-state index is 12.4. The van der Waals surface area contributed by atoms with Crippen LogP contribution in [-0.4, -0.2) is 29.4 Å². The summed E-state index contributed by atoms with van der Waals surface area (Å²) in [6, 6.07) is 8.80. The third-order valence-corrected chi connectivity index (χ3v) is 4.12. The van der Waals surface area contributed by atoms with Gasteiger partial charge in [0.2, 0.25) is 0 Å². The lowest BCUT2D eigenvalue weighted by molar-refractivity contribution is 0.0787. The van der Waals surface area contributed by atoms with Gasteiger partial charge in [-0.2, -0.15) is 0 Å². The number of benzene rings is 1.